The molecule has 0 radical (unpaired) electrons. The first-order valence-electron chi connectivity index (χ1n) is 10.9. The third-order valence-electron chi connectivity index (χ3n) is 5.78. The van der Waals surface area contributed by atoms with Crippen molar-refractivity contribution < 1.29 is 9.53 Å². The molecule has 1 N–H and O–H groups in total. The summed E-state index contributed by atoms with van der Waals surface area (Å²) >= 11 is 1.68. The van der Waals surface area contributed by atoms with E-state index in [0.29, 0.717) is 12.5 Å². The third kappa shape index (κ3) is 5.71. The zero-order valence-electron chi connectivity index (χ0n) is 17.9. The Morgan fingerprint density at radius 2 is 1.97 bits per heavy atom. The minimum absolute atomic E-state index is 0.278. The second-order valence-corrected chi connectivity index (χ2v) is 8.78. The molecule has 0 unspecified atom stereocenters. The molecule has 0 saturated carbocycles. The molecule has 1 atom stereocenters. The summed E-state index contributed by atoms with van der Waals surface area (Å²) in [6, 6.07) is 18.7. The van der Waals surface area contributed by atoms with Crippen LogP contribution in [-0.4, -0.2) is 42.0 Å². The molecule has 1 aliphatic rings. The van der Waals surface area contributed by atoms with Gasteiger partial charge in [0.2, 0.25) is 5.91 Å². The van der Waals surface area contributed by atoms with E-state index in [1.54, 1.807) is 18.4 Å². The second kappa shape index (κ2) is 10.6. The van der Waals surface area contributed by atoms with E-state index in [-0.39, 0.29) is 5.91 Å². The Bertz CT molecular complexity index is 972. The molecule has 1 fully saturated rings. The molecule has 6 heteroatoms. The van der Waals surface area contributed by atoms with Gasteiger partial charge in [0.25, 0.3) is 0 Å². The minimum Gasteiger partial charge on any atom is -0.497 e. The lowest BCUT2D eigenvalue weighted by Gasteiger charge is -2.24. The van der Waals surface area contributed by atoms with Gasteiger partial charge in [-0.15, -0.1) is 11.3 Å². The Labute approximate surface area is 188 Å². The topological polar surface area (TPSA) is 54.5 Å². The number of likely N-dealkylation sites (tertiary alicyclic amines) is 1. The maximum absolute atomic E-state index is 12.4. The predicted octanol–water partition coefficient (Wildman–Crippen LogP) is 4.53. The number of benzene rings is 2. The summed E-state index contributed by atoms with van der Waals surface area (Å²) in [6.07, 6.45) is 3.42. The van der Waals surface area contributed by atoms with Crippen LogP contribution in [0.25, 0.3) is 11.3 Å². The van der Waals surface area contributed by atoms with Crippen molar-refractivity contribution in [2.75, 3.05) is 20.2 Å². The Balaban J connectivity index is 1.24. The molecule has 1 aliphatic heterocycles. The lowest BCUT2D eigenvalue weighted by molar-refractivity contribution is -0.129. The number of thiazole rings is 1. The highest BCUT2D eigenvalue weighted by Crippen LogP contribution is 2.24. The molecule has 2 heterocycles. The number of carbonyl (C=O) groups is 1. The molecule has 1 amide bonds. The van der Waals surface area contributed by atoms with Crippen LogP contribution in [0.1, 0.15) is 29.8 Å². The standard InChI is InChI=1S/C25H29N3O2S/c1-30-22-10-7-19(8-11-22)17-26-15-13-21-9-12-25(29)28(21)16-14-24-27-23(18-31-24)20-5-3-2-4-6-20/h2-8,10-11,18,21,26H,9,12-17H2,1H3/t21-/m0/s1. The van der Waals surface area contributed by atoms with Gasteiger partial charge in [-0.25, -0.2) is 4.98 Å². The quantitative estimate of drug-likeness (QED) is 0.475. The van der Waals surface area contributed by atoms with E-state index >= 15 is 0 Å². The summed E-state index contributed by atoms with van der Waals surface area (Å²) in [5.41, 5.74) is 3.40. The molecular formula is C25H29N3O2S. The fourth-order valence-corrected chi connectivity index (χ4v) is 4.83. The summed E-state index contributed by atoms with van der Waals surface area (Å²) in [7, 11) is 1.68. The first-order chi connectivity index (χ1) is 15.2. The lowest BCUT2D eigenvalue weighted by atomic mass is 10.1. The number of amides is 1. The molecular weight excluding hydrogens is 406 g/mol. The highest BCUT2D eigenvalue weighted by molar-refractivity contribution is 7.09. The summed E-state index contributed by atoms with van der Waals surface area (Å²) < 4.78 is 5.20. The smallest absolute Gasteiger partial charge is 0.222 e. The summed E-state index contributed by atoms with van der Waals surface area (Å²) in [5, 5.41) is 6.71. The molecule has 4 rings (SSSR count). The van der Waals surface area contributed by atoms with E-state index in [1.807, 2.05) is 30.3 Å². The van der Waals surface area contributed by atoms with Gasteiger partial charge >= 0.3 is 0 Å². The van der Waals surface area contributed by atoms with Gasteiger partial charge in [-0.2, -0.15) is 0 Å². The van der Waals surface area contributed by atoms with Crippen molar-refractivity contribution in [2.45, 2.75) is 38.3 Å². The number of methoxy groups -OCH3 is 1. The SMILES string of the molecule is COc1ccc(CNCC[C@@H]2CCC(=O)N2CCc2nc(-c3ccccc3)cs2)cc1. The van der Waals surface area contributed by atoms with Crippen LogP contribution in [0.5, 0.6) is 5.75 Å². The minimum atomic E-state index is 0.278. The normalized spacial score (nSPS) is 16.1. The van der Waals surface area contributed by atoms with E-state index in [2.05, 4.69) is 39.9 Å². The van der Waals surface area contributed by atoms with Crippen LogP contribution in [0, 0.1) is 0 Å². The molecule has 0 bridgehead atoms. The largest absolute Gasteiger partial charge is 0.497 e. The average molecular weight is 436 g/mol. The molecule has 0 aliphatic carbocycles. The van der Waals surface area contributed by atoms with Crippen LogP contribution in [-0.2, 0) is 17.8 Å². The van der Waals surface area contributed by atoms with Gasteiger partial charge in [-0.1, -0.05) is 42.5 Å². The van der Waals surface area contributed by atoms with E-state index in [9.17, 15) is 4.79 Å². The number of ether oxygens (including phenoxy) is 1. The van der Waals surface area contributed by atoms with Crippen molar-refractivity contribution in [3.05, 3.63) is 70.5 Å². The van der Waals surface area contributed by atoms with Gasteiger partial charge in [0.05, 0.1) is 17.8 Å². The molecule has 1 aromatic heterocycles. The lowest BCUT2D eigenvalue weighted by Crippen LogP contribution is -2.36. The summed E-state index contributed by atoms with van der Waals surface area (Å²) in [6.45, 7) is 2.48. The zero-order chi connectivity index (χ0) is 21.5. The number of hydrogen-bond acceptors (Lipinski definition) is 5. The Morgan fingerprint density at radius 1 is 1.16 bits per heavy atom. The first-order valence-corrected chi connectivity index (χ1v) is 11.7. The molecule has 31 heavy (non-hydrogen) atoms. The summed E-state index contributed by atoms with van der Waals surface area (Å²) in [4.78, 5) is 19.3. The van der Waals surface area contributed by atoms with Crippen LogP contribution in [0.3, 0.4) is 0 Å². The van der Waals surface area contributed by atoms with Gasteiger partial charge in [0, 0.05) is 42.9 Å². The zero-order valence-corrected chi connectivity index (χ0v) is 18.7. The molecule has 5 nitrogen and oxygen atoms in total. The number of hydrogen-bond donors (Lipinski definition) is 1. The molecule has 0 spiro atoms. The predicted molar refractivity (Wildman–Crippen MR) is 125 cm³/mol. The van der Waals surface area contributed by atoms with Crippen molar-refractivity contribution in [1.29, 1.82) is 0 Å². The van der Waals surface area contributed by atoms with Crippen molar-refractivity contribution in [2.24, 2.45) is 0 Å². The maximum Gasteiger partial charge on any atom is 0.222 e. The van der Waals surface area contributed by atoms with Gasteiger partial charge in [0.1, 0.15) is 5.75 Å². The summed E-state index contributed by atoms with van der Waals surface area (Å²) in [5.74, 6) is 1.15. The number of rotatable bonds is 10. The highest BCUT2D eigenvalue weighted by Gasteiger charge is 2.30. The maximum atomic E-state index is 12.4. The van der Waals surface area contributed by atoms with Crippen LogP contribution in [0.15, 0.2) is 60.0 Å². The molecule has 2 aromatic carbocycles. The van der Waals surface area contributed by atoms with E-state index in [0.717, 1.165) is 60.9 Å². The van der Waals surface area contributed by atoms with Gasteiger partial charge in [-0.05, 0) is 37.1 Å². The van der Waals surface area contributed by atoms with Gasteiger partial charge in [0.15, 0.2) is 0 Å². The molecule has 3 aromatic rings. The van der Waals surface area contributed by atoms with Gasteiger partial charge < -0.3 is 15.0 Å². The number of nitrogens with zero attached hydrogens (tertiary/aromatic N) is 2. The number of aromatic nitrogens is 1. The van der Waals surface area contributed by atoms with E-state index in [4.69, 9.17) is 9.72 Å². The number of carbonyl (C=O) groups excluding carboxylic acids is 1. The van der Waals surface area contributed by atoms with Crippen LogP contribution < -0.4 is 10.1 Å². The van der Waals surface area contributed by atoms with Gasteiger partial charge in [-0.3, -0.25) is 4.79 Å². The number of nitrogens with one attached hydrogen (secondary N) is 1. The second-order valence-electron chi connectivity index (χ2n) is 7.84. The highest BCUT2D eigenvalue weighted by atomic mass is 32.1. The molecule has 162 valence electrons. The van der Waals surface area contributed by atoms with Crippen LogP contribution in [0.4, 0.5) is 0 Å². The Hall–Kier alpha value is -2.70. The van der Waals surface area contributed by atoms with Crippen molar-refractivity contribution >= 4 is 17.2 Å². The average Bonchev–Trinajstić information content (AvgIpc) is 3.43. The Kier molecular flexibility index (Phi) is 7.33. The van der Waals surface area contributed by atoms with Crippen LogP contribution in [0.2, 0.25) is 0 Å². The molecule has 1 saturated heterocycles. The van der Waals surface area contributed by atoms with Crippen molar-refractivity contribution in [3.8, 4) is 17.0 Å². The van der Waals surface area contributed by atoms with E-state index in [1.165, 1.54) is 5.56 Å². The van der Waals surface area contributed by atoms with Crippen molar-refractivity contribution in [3.63, 3.8) is 0 Å². The van der Waals surface area contributed by atoms with Crippen molar-refractivity contribution in [1.82, 2.24) is 15.2 Å². The first kappa shape index (κ1) is 21.5. The monoisotopic (exact) mass is 435 g/mol. The fraction of sp³-hybridized carbons (Fsp3) is 0.360. The van der Waals surface area contributed by atoms with E-state index < -0.39 is 0 Å². The third-order valence-corrected chi connectivity index (χ3v) is 6.69. The van der Waals surface area contributed by atoms with Crippen LogP contribution >= 0.6 is 11.3 Å². The fourth-order valence-electron chi connectivity index (χ4n) is 4.03. The Morgan fingerprint density at radius 3 is 2.74 bits per heavy atom.